The van der Waals surface area contributed by atoms with Gasteiger partial charge in [-0.15, -0.1) is 0 Å². The zero-order valence-electron chi connectivity index (χ0n) is 13.7. The minimum atomic E-state index is -1.20. The van der Waals surface area contributed by atoms with Gasteiger partial charge in [0.05, 0.1) is 0 Å². The van der Waals surface area contributed by atoms with Gasteiger partial charge in [0.15, 0.2) is 0 Å². The van der Waals surface area contributed by atoms with Crippen molar-refractivity contribution in [2.24, 2.45) is 5.14 Å². The van der Waals surface area contributed by atoms with Gasteiger partial charge in [-0.05, 0) is 33.6 Å². The molecule has 3 fully saturated rings. The van der Waals surface area contributed by atoms with Crippen molar-refractivity contribution in [3.05, 3.63) is 0 Å². The minimum Gasteiger partial charge on any atom is -0.598 e. The van der Waals surface area contributed by atoms with Gasteiger partial charge in [-0.25, -0.2) is 4.79 Å². The highest BCUT2D eigenvalue weighted by Crippen LogP contribution is 2.40. The molecule has 3 heterocycles. The third-order valence-electron chi connectivity index (χ3n) is 5.01. The Hall–Kier alpha value is -0.500. The summed E-state index contributed by atoms with van der Waals surface area (Å²) in [5, 5.41) is 5.74. The fraction of sp³-hybridized carbons (Fsp3) is 0.933. The second-order valence-corrected chi connectivity index (χ2v) is 9.12. The van der Waals surface area contributed by atoms with E-state index in [1.807, 2.05) is 20.8 Å². The van der Waals surface area contributed by atoms with E-state index in [0.29, 0.717) is 18.1 Å². The third kappa shape index (κ3) is 3.22. The summed E-state index contributed by atoms with van der Waals surface area (Å²) in [4.78, 5) is 16.4. The molecule has 3 saturated heterocycles. The van der Waals surface area contributed by atoms with E-state index in [1.54, 1.807) is 4.90 Å². The molecule has 0 radical (unpaired) electrons. The van der Waals surface area contributed by atoms with Gasteiger partial charge in [-0.2, -0.15) is 5.14 Å². The molecule has 0 aromatic heterocycles. The second-order valence-electron chi connectivity index (χ2n) is 7.79. The maximum absolute atomic E-state index is 12.0. The van der Waals surface area contributed by atoms with Crippen LogP contribution in [-0.4, -0.2) is 62.5 Å². The van der Waals surface area contributed by atoms with Crippen LogP contribution in [0.3, 0.4) is 0 Å². The van der Waals surface area contributed by atoms with Crippen LogP contribution in [-0.2, 0) is 16.1 Å². The van der Waals surface area contributed by atoms with Crippen LogP contribution in [0.5, 0.6) is 0 Å². The predicted molar refractivity (Wildman–Crippen MR) is 85.6 cm³/mol. The summed E-state index contributed by atoms with van der Waals surface area (Å²) in [6.07, 6.45) is 3.99. The van der Waals surface area contributed by atoms with Gasteiger partial charge in [0, 0.05) is 55.4 Å². The van der Waals surface area contributed by atoms with Gasteiger partial charge in [-0.1, -0.05) is 0 Å². The molecule has 3 aliphatic rings. The number of piperidine rings is 1. The van der Waals surface area contributed by atoms with E-state index in [4.69, 9.17) is 9.88 Å². The zero-order chi connectivity index (χ0) is 16.1. The maximum atomic E-state index is 12.0. The standard InChI is InChI=1S/C15H27N3O3S/c1-15(2,3)21-14(19)17-8-12(9-17)18-10-4-5-11(18)7-13(6-10)22(16)20/h10-13H,4-9,16H2,1-3H3. The first kappa shape index (κ1) is 16.4. The summed E-state index contributed by atoms with van der Waals surface area (Å²) in [7, 11) is 0. The Balaban J connectivity index is 1.53. The lowest BCUT2D eigenvalue weighted by Crippen LogP contribution is -2.65. The van der Waals surface area contributed by atoms with Crippen molar-refractivity contribution in [1.29, 1.82) is 0 Å². The first-order valence-corrected chi connectivity index (χ1v) is 9.42. The van der Waals surface area contributed by atoms with E-state index in [0.717, 1.165) is 25.9 Å². The van der Waals surface area contributed by atoms with Crippen LogP contribution in [0.1, 0.15) is 46.5 Å². The molecular weight excluding hydrogens is 302 g/mol. The number of rotatable bonds is 2. The molecule has 0 aromatic rings. The van der Waals surface area contributed by atoms with Gasteiger partial charge >= 0.3 is 6.09 Å². The molecule has 3 unspecified atom stereocenters. The molecular formula is C15H27N3O3S. The van der Waals surface area contributed by atoms with Crippen LogP contribution in [0.25, 0.3) is 0 Å². The third-order valence-corrected chi connectivity index (χ3v) is 6.05. The lowest BCUT2D eigenvalue weighted by molar-refractivity contribution is -0.0340. The van der Waals surface area contributed by atoms with Crippen LogP contribution < -0.4 is 5.14 Å². The topological polar surface area (TPSA) is 81.9 Å². The summed E-state index contributed by atoms with van der Waals surface area (Å²) in [5.41, 5.74) is -0.440. The summed E-state index contributed by atoms with van der Waals surface area (Å²) < 4.78 is 17.0. The number of fused-ring (bicyclic) bond motifs is 2. The Morgan fingerprint density at radius 1 is 1.18 bits per heavy atom. The molecule has 126 valence electrons. The average Bonchev–Trinajstić information content (AvgIpc) is 2.57. The van der Waals surface area contributed by atoms with Gasteiger partial charge in [-0.3, -0.25) is 4.90 Å². The largest absolute Gasteiger partial charge is 0.598 e. The van der Waals surface area contributed by atoms with Crippen LogP contribution in [0.4, 0.5) is 4.79 Å². The molecule has 0 saturated carbocycles. The van der Waals surface area contributed by atoms with E-state index in [9.17, 15) is 9.35 Å². The molecule has 3 rings (SSSR count). The number of nitrogens with zero attached hydrogens (tertiary/aromatic N) is 2. The average molecular weight is 329 g/mol. The lowest BCUT2D eigenvalue weighted by atomic mass is 9.96. The molecule has 22 heavy (non-hydrogen) atoms. The smallest absolute Gasteiger partial charge is 0.410 e. The fourth-order valence-electron chi connectivity index (χ4n) is 4.07. The van der Waals surface area contributed by atoms with Gasteiger partial charge in [0.2, 0.25) is 0 Å². The molecule has 3 atom stereocenters. The van der Waals surface area contributed by atoms with Crippen LogP contribution in [0.15, 0.2) is 0 Å². The molecule has 2 N–H and O–H groups in total. The number of carbonyl (C=O) groups excluding carboxylic acids is 1. The highest BCUT2D eigenvalue weighted by atomic mass is 32.2. The maximum Gasteiger partial charge on any atom is 0.410 e. The van der Waals surface area contributed by atoms with Gasteiger partial charge < -0.3 is 14.2 Å². The van der Waals surface area contributed by atoms with Crippen molar-refractivity contribution < 1.29 is 14.1 Å². The molecule has 1 amide bonds. The SMILES string of the molecule is CC(C)(C)OC(=O)N1CC(N2C3CCC2CC([S+](N)[O-])C3)C1. The monoisotopic (exact) mass is 329 g/mol. The Bertz CT molecular complexity index is 420. The number of likely N-dealkylation sites (tertiary alicyclic amines) is 1. The molecule has 7 heteroatoms. The first-order valence-electron chi connectivity index (χ1n) is 8.15. The molecule has 2 bridgehead atoms. The quantitative estimate of drug-likeness (QED) is 0.771. The highest BCUT2D eigenvalue weighted by Gasteiger charge is 2.50. The number of ether oxygens (including phenoxy) is 1. The molecule has 3 aliphatic heterocycles. The van der Waals surface area contributed by atoms with Crippen molar-refractivity contribution in [2.75, 3.05) is 13.1 Å². The van der Waals surface area contributed by atoms with Crippen LogP contribution in [0, 0.1) is 0 Å². The summed E-state index contributed by atoms with van der Waals surface area (Å²) in [6, 6.07) is 1.40. The summed E-state index contributed by atoms with van der Waals surface area (Å²) in [5.74, 6) is 0. The van der Waals surface area contributed by atoms with Crippen molar-refractivity contribution in [2.45, 2.75) is 75.4 Å². The Morgan fingerprint density at radius 2 is 1.73 bits per heavy atom. The molecule has 0 aromatic carbocycles. The molecule has 6 nitrogen and oxygen atoms in total. The fourth-order valence-corrected chi connectivity index (χ4v) is 4.89. The Labute approximate surface area is 135 Å². The molecule has 0 aliphatic carbocycles. The van der Waals surface area contributed by atoms with Gasteiger partial charge in [0.25, 0.3) is 0 Å². The normalized spacial score (nSPS) is 34.4. The van der Waals surface area contributed by atoms with Crippen LogP contribution >= 0.6 is 0 Å². The Morgan fingerprint density at radius 3 is 2.18 bits per heavy atom. The number of nitrogens with two attached hydrogens (primary N) is 1. The highest BCUT2D eigenvalue weighted by molar-refractivity contribution is 7.89. The van der Waals surface area contributed by atoms with E-state index in [2.05, 4.69) is 4.90 Å². The van der Waals surface area contributed by atoms with Gasteiger partial charge in [0.1, 0.15) is 10.9 Å². The van der Waals surface area contributed by atoms with Crippen molar-refractivity contribution in [3.63, 3.8) is 0 Å². The van der Waals surface area contributed by atoms with Crippen molar-refractivity contribution in [3.8, 4) is 0 Å². The van der Waals surface area contributed by atoms with E-state index >= 15 is 0 Å². The predicted octanol–water partition coefficient (Wildman–Crippen LogP) is 1.22. The minimum absolute atomic E-state index is 0.149. The van der Waals surface area contributed by atoms with Crippen molar-refractivity contribution >= 4 is 17.5 Å². The second kappa shape index (κ2) is 5.85. The van der Waals surface area contributed by atoms with Crippen molar-refractivity contribution in [1.82, 2.24) is 9.80 Å². The van der Waals surface area contributed by atoms with E-state index in [1.165, 1.54) is 12.8 Å². The number of carbonyl (C=O) groups is 1. The number of hydrogen-bond donors (Lipinski definition) is 1. The van der Waals surface area contributed by atoms with E-state index in [-0.39, 0.29) is 11.3 Å². The van der Waals surface area contributed by atoms with E-state index < -0.39 is 17.0 Å². The first-order chi connectivity index (χ1) is 10.2. The van der Waals surface area contributed by atoms with Crippen LogP contribution in [0.2, 0.25) is 0 Å². The Kier molecular flexibility index (Phi) is 4.35. The zero-order valence-corrected chi connectivity index (χ0v) is 14.5. The summed E-state index contributed by atoms with van der Waals surface area (Å²) >= 11 is -1.20. The number of amides is 1. The summed E-state index contributed by atoms with van der Waals surface area (Å²) in [6.45, 7) is 7.16. The molecule has 0 spiro atoms. The lowest BCUT2D eigenvalue weighted by Gasteiger charge is -2.50. The number of hydrogen-bond acceptors (Lipinski definition) is 5.